The fourth-order valence-electron chi connectivity index (χ4n) is 2.23. The maximum atomic E-state index is 12.1. The predicted octanol–water partition coefficient (Wildman–Crippen LogP) is 2.68. The number of nitrogens with one attached hydrogen (secondary N) is 1. The lowest BCUT2D eigenvalue weighted by molar-refractivity contribution is -0.146. The van der Waals surface area contributed by atoms with E-state index in [0.29, 0.717) is 24.7 Å². The van der Waals surface area contributed by atoms with Gasteiger partial charge in [0.2, 0.25) is 0 Å². The number of hydrogen-bond acceptors (Lipinski definition) is 6. The molecule has 0 bridgehead atoms. The molecule has 1 N–H and O–H groups in total. The van der Waals surface area contributed by atoms with Gasteiger partial charge in [-0.2, -0.15) is 0 Å². The Morgan fingerprint density at radius 3 is 2.68 bits per heavy atom. The lowest BCUT2D eigenvalue weighted by Gasteiger charge is -2.20. The molecule has 132 valence electrons. The average Bonchev–Trinajstić information content (AvgIpc) is 3.14. The number of amides is 1. The first-order chi connectivity index (χ1) is 12.0. The van der Waals surface area contributed by atoms with Gasteiger partial charge in [-0.15, -0.1) is 0 Å². The second-order valence-corrected chi connectivity index (χ2v) is 6.22. The van der Waals surface area contributed by atoms with Crippen LogP contribution in [0.4, 0.5) is 0 Å². The van der Waals surface area contributed by atoms with E-state index in [0.717, 1.165) is 10.0 Å². The first-order valence-electron chi connectivity index (χ1n) is 7.63. The molecule has 0 aliphatic carbocycles. The summed E-state index contributed by atoms with van der Waals surface area (Å²) in [6.45, 7) is 2.56. The summed E-state index contributed by atoms with van der Waals surface area (Å²) in [5.74, 6) is 0.359. The van der Waals surface area contributed by atoms with E-state index in [1.54, 1.807) is 25.1 Å². The molecule has 0 saturated carbocycles. The SMILES string of the molecule is C[C@@H](NC(=O)c1ccco1)C(=O)OCc1cc2c(cc1Br)OCCO2. The number of ether oxygens (including phenoxy) is 3. The number of carbonyl (C=O) groups excluding carboxylic acids is 2. The van der Waals surface area contributed by atoms with Gasteiger partial charge in [0, 0.05) is 10.0 Å². The molecular weight excluding hydrogens is 394 g/mol. The zero-order valence-corrected chi connectivity index (χ0v) is 15.0. The third kappa shape index (κ3) is 4.14. The Bertz CT molecular complexity index is 774. The van der Waals surface area contributed by atoms with Crippen molar-refractivity contribution in [1.29, 1.82) is 0 Å². The highest BCUT2D eigenvalue weighted by Gasteiger charge is 2.21. The number of benzene rings is 1. The van der Waals surface area contributed by atoms with Crippen molar-refractivity contribution >= 4 is 27.8 Å². The topological polar surface area (TPSA) is 87.0 Å². The molecule has 1 aliphatic heterocycles. The highest BCUT2D eigenvalue weighted by atomic mass is 79.9. The molecule has 1 atom stereocenters. The summed E-state index contributed by atoms with van der Waals surface area (Å²) in [4.78, 5) is 23.9. The third-order valence-corrected chi connectivity index (χ3v) is 4.27. The minimum absolute atomic E-state index is 0.0387. The maximum absolute atomic E-state index is 12.1. The summed E-state index contributed by atoms with van der Waals surface area (Å²) in [5.41, 5.74) is 0.738. The van der Waals surface area contributed by atoms with E-state index in [1.807, 2.05) is 0 Å². The molecule has 7 nitrogen and oxygen atoms in total. The van der Waals surface area contributed by atoms with Gasteiger partial charge in [-0.05, 0) is 31.2 Å². The van der Waals surface area contributed by atoms with Crippen LogP contribution in [-0.4, -0.2) is 31.1 Å². The van der Waals surface area contributed by atoms with Crippen LogP contribution in [0.1, 0.15) is 23.0 Å². The van der Waals surface area contributed by atoms with Crippen LogP contribution in [-0.2, 0) is 16.1 Å². The smallest absolute Gasteiger partial charge is 0.328 e. The van der Waals surface area contributed by atoms with E-state index in [1.165, 1.54) is 12.3 Å². The van der Waals surface area contributed by atoms with E-state index in [4.69, 9.17) is 18.6 Å². The van der Waals surface area contributed by atoms with Crippen LogP contribution in [0.15, 0.2) is 39.4 Å². The molecule has 1 aliphatic rings. The third-order valence-electron chi connectivity index (χ3n) is 3.53. The Morgan fingerprint density at radius 1 is 1.28 bits per heavy atom. The van der Waals surface area contributed by atoms with Crippen LogP contribution in [0.3, 0.4) is 0 Å². The monoisotopic (exact) mass is 409 g/mol. The first-order valence-corrected chi connectivity index (χ1v) is 8.43. The van der Waals surface area contributed by atoms with Crippen molar-refractivity contribution in [3.8, 4) is 11.5 Å². The molecule has 0 spiro atoms. The molecular formula is C17H16BrNO6. The Kier molecular flexibility index (Phi) is 5.28. The predicted molar refractivity (Wildman–Crippen MR) is 90.6 cm³/mol. The van der Waals surface area contributed by atoms with Crippen molar-refractivity contribution in [1.82, 2.24) is 5.32 Å². The number of rotatable bonds is 5. The van der Waals surface area contributed by atoms with E-state index >= 15 is 0 Å². The summed E-state index contributed by atoms with van der Waals surface area (Å²) in [7, 11) is 0. The number of esters is 1. The largest absolute Gasteiger partial charge is 0.486 e. The second-order valence-electron chi connectivity index (χ2n) is 5.37. The highest BCUT2D eigenvalue weighted by molar-refractivity contribution is 9.10. The van der Waals surface area contributed by atoms with E-state index in [2.05, 4.69) is 21.2 Å². The molecule has 8 heteroatoms. The van der Waals surface area contributed by atoms with Gasteiger partial charge in [-0.3, -0.25) is 4.79 Å². The normalized spacial score (nSPS) is 13.8. The number of furan rings is 1. The van der Waals surface area contributed by atoms with Crippen LogP contribution in [0.25, 0.3) is 0 Å². The van der Waals surface area contributed by atoms with Gasteiger partial charge >= 0.3 is 5.97 Å². The average molecular weight is 410 g/mol. The Balaban J connectivity index is 1.57. The van der Waals surface area contributed by atoms with Crippen molar-refractivity contribution in [3.05, 3.63) is 46.3 Å². The molecule has 0 fully saturated rings. The first kappa shape index (κ1) is 17.3. The second kappa shape index (κ2) is 7.60. The number of halogens is 1. The molecule has 0 saturated heterocycles. The zero-order valence-electron chi connectivity index (χ0n) is 13.4. The Hall–Kier alpha value is -2.48. The Morgan fingerprint density at radius 2 is 2.00 bits per heavy atom. The van der Waals surface area contributed by atoms with E-state index in [-0.39, 0.29) is 12.4 Å². The van der Waals surface area contributed by atoms with Crippen LogP contribution >= 0.6 is 15.9 Å². The van der Waals surface area contributed by atoms with Crippen molar-refractivity contribution in [2.75, 3.05) is 13.2 Å². The molecule has 3 rings (SSSR count). The zero-order chi connectivity index (χ0) is 17.8. The van der Waals surface area contributed by atoms with Crippen molar-refractivity contribution in [3.63, 3.8) is 0 Å². The minimum Gasteiger partial charge on any atom is -0.486 e. The van der Waals surface area contributed by atoms with Crippen LogP contribution in [0.2, 0.25) is 0 Å². The van der Waals surface area contributed by atoms with Gasteiger partial charge in [0.15, 0.2) is 17.3 Å². The Labute approximate surface area is 152 Å². The van der Waals surface area contributed by atoms with Crippen molar-refractivity contribution in [2.45, 2.75) is 19.6 Å². The summed E-state index contributed by atoms with van der Waals surface area (Å²) in [5, 5.41) is 2.52. The van der Waals surface area contributed by atoms with Gasteiger partial charge < -0.3 is 23.9 Å². The van der Waals surface area contributed by atoms with Gasteiger partial charge in [-0.1, -0.05) is 15.9 Å². The van der Waals surface area contributed by atoms with E-state index < -0.39 is 17.9 Å². The fraction of sp³-hybridized carbons (Fsp3) is 0.294. The minimum atomic E-state index is -0.811. The molecule has 1 aromatic carbocycles. The maximum Gasteiger partial charge on any atom is 0.328 e. The van der Waals surface area contributed by atoms with Crippen molar-refractivity contribution < 1.29 is 28.2 Å². The molecule has 1 aromatic heterocycles. The number of carbonyl (C=O) groups is 2. The van der Waals surface area contributed by atoms with Gasteiger partial charge in [0.1, 0.15) is 25.9 Å². The molecule has 0 radical (unpaired) electrons. The van der Waals surface area contributed by atoms with Gasteiger partial charge in [0.25, 0.3) is 5.91 Å². The summed E-state index contributed by atoms with van der Waals surface area (Å²) < 4.78 is 22.0. The summed E-state index contributed by atoms with van der Waals surface area (Å²) >= 11 is 3.42. The summed E-state index contributed by atoms with van der Waals surface area (Å²) in [6, 6.07) is 5.84. The van der Waals surface area contributed by atoms with Crippen LogP contribution < -0.4 is 14.8 Å². The van der Waals surface area contributed by atoms with Crippen LogP contribution in [0.5, 0.6) is 11.5 Å². The molecule has 2 aromatic rings. The summed E-state index contributed by atoms with van der Waals surface area (Å²) in [6.07, 6.45) is 1.39. The van der Waals surface area contributed by atoms with Gasteiger partial charge in [0.05, 0.1) is 6.26 Å². The number of fused-ring (bicyclic) bond motifs is 1. The standard InChI is InChI=1S/C17H16BrNO6/c1-10(19-16(20)13-3-2-4-22-13)17(21)25-9-11-7-14-15(8-12(11)18)24-6-5-23-14/h2-4,7-8,10H,5-6,9H2,1H3,(H,19,20)/t10-/m1/s1. The molecule has 25 heavy (non-hydrogen) atoms. The quantitative estimate of drug-likeness (QED) is 0.763. The fourth-order valence-corrected chi connectivity index (χ4v) is 2.66. The van der Waals surface area contributed by atoms with Crippen LogP contribution in [0, 0.1) is 0 Å². The van der Waals surface area contributed by atoms with Crippen molar-refractivity contribution in [2.24, 2.45) is 0 Å². The number of hydrogen-bond donors (Lipinski definition) is 1. The highest BCUT2D eigenvalue weighted by Crippen LogP contribution is 2.35. The van der Waals surface area contributed by atoms with Gasteiger partial charge in [-0.25, -0.2) is 4.79 Å². The molecule has 0 unspecified atom stereocenters. The lowest BCUT2D eigenvalue weighted by atomic mass is 10.2. The van der Waals surface area contributed by atoms with E-state index in [9.17, 15) is 9.59 Å². The lowest BCUT2D eigenvalue weighted by Crippen LogP contribution is -2.39. The molecule has 1 amide bonds. The molecule has 2 heterocycles.